The Bertz CT molecular complexity index is 321. The first-order chi connectivity index (χ1) is 6.20. The lowest BCUT2D eigenvalue weighted by Gasteiger charge is -2.08. The Kier molecular flexibility index (Phi) is 3.01. The summed E-state index contributed by atoms with van der Waals surface area (Å²) in [6.07, 6.45) is 5.29. The number of aliphatic imine (C=N–C) groups is 1. The van der Waals surface area contributed by atoms with Crippen LogP contribution in [-0.2, 0) is 0 Å². The summed E-state index contributed by atoms with van der Waals surface area (Å²) in [5.74, 6) is 0.882. The van der Waals surface area contributed by atoms with E-state index in [0.29, 0.717) is 6.04 Å². The molecular formula is C10H15N3. The highest BCUT2D eigenvalue weighted by Gasteiger charge is 2.08. The second-order valence-electron chi connectivity index (χ2n) is 3.05. The fraction of sp³-hybridized carbons (Fsp3) is 0.400. The number of aromatic nitrogens is 2. The molecule has 0 radical (unpaired) electrons. The summed E-state index contributed by atoms with van der Waals surface area (Å²) in [6.45, 7) is 9.79. The highest BCUT2D eigenvalue weighted by atomic mass is 15.1. The van der Waals surface area contributed by atoms with E-state index in [1.54, 1.807) is 18.6 Å². The van der Waals surface area contributed by atoms with Crippen molar-refractivity contribution in [1.82, 2.24) is 9.55 Å². The van der Waals surface area contributed by atoms with Crippen molar-refractivity contribution in [2.45, 2.75) is 26.8 Å². The van der Waals surface area contributed by atoms with Gasteiger partial charge >= 0.3 is 0 Å². The molecule has 0 aromatic carbocycles. The summed E-state index contributed by atoms with van der Waals surface area (Å²) in [6, 6.07) is 0.375. The summed E-state index contributed by atoms with van der Waals surface area (Å²) in [5, 5.41) is 0. The van der Waals surface area contributed by atoms with Crippen molar-refractivity contribution in [2.24, 2.45) is 4.99 Å². The van der Waals surface area contributed by atoms with Crippen molar-refractivity contribution < 1.29 is 0 Å². The van der Waals surface area contributed by atoms with Gasteiger partial charge in [0.05, 0.1) is 6.33 Å². The van der Waals surface area contributed by atoms with Gasteiger partial charge in [-0.1, -0.05) is 6.58 Å². The molecule has 0 atom stereocenters. The molecule has 70 valence electrons. The Morgan fingerprint density at radius 1 is 1.62 bits per heavy atom. The number of nitrogens with zero attached hydrogens (tertiary/aromatic N) is 3. The number of rotatable bonds is 3. The van der Waals surface area contributed by atoms with Gasteiger partial charge in [-0.3, -0.25) is 0 Å². The lowest BCUT2D eigenvalue weighted by atomic mass is 10.3. The zero-order valence-corrected chi connectivity index (χ0v) is 8.36. The SMILES string of the molecule is C=Cc1ncn(C(C)C)c1N=CC. The number of imidazole rings is 1. The first-order valence-corrected chi connectivity index (χ1v) is 4.38. The minimum atomic E-state index is 0.375. The molecule has 13 heavy (non-hydrogen) atoms. The predicted octanol–water partition coefficient (Wildman–Crippen LogP) is 2.83. The molecule has 0 spiro atoms. The second kappa shape index (κ2) is 4.03. The van der Waals surface area contributed by atoms with Gasteiger partial charge in [0.2, 0.25) is 0 Å². The Labute approximate surface area is 78.8 Å². The summed E-state index contributed by atoms with van der Waals surface area (Å²) in [4.78, 5) is 8.47. The molecule has 1 aromatic rings. The molecule has 1 heterocycles. The summed E-state index contributed by atoms with van der Waals surface area (Å²) >= 11 is 0. The van der Waals surface area contributed by atoms with Crippen molar-refractivity contribution in [1.29, 1.82) is 0 Å². The Morgan fingerprint density at radius 3 is 2.77 bits per heavy atom. The van der Waals surface area contributed by atoms with Crippen LogP contribution in [0.5, 0.6) is 0 Å². The van der Waals surface area contributed by atoms with Crippen LogP contribution < -0.4 is 0 Å². The fourth-order valence-corrected chi connectivity index (χ4v) is 1.15. The fourth-order valence-electron chi connectivity index (χ4n) is 1.15. The van der Waals surface area contributed by atoms with Gasteiger partial charge in [-0.2, -0.15) is 0 Å². The monoisotopic (exact) mass is 177 g/mol. The number of hydrogen-bond acceptors (Lipinski definition) is 2. The molecule has 0 aliphatic rings. The minimum Gasteiger partial charge on any atom is -0.313 e. The molecule has 0 saturated heterocycles. The van der Waals surface area contributed by atoms with Crippen LogP contribution >= 0.6 is 0 Å². The second-order valence-corrected chi connectivity index (χ2v) is 3.05. The average molecular weight is 177 g/mol. The first-order valence-electron chi connectivity index (χ1n) is 4.38. The summed E-state index contributed by atoms with van der Waals surface area (Å²) in [7, 11) is 0. The quantitative estimate of drug-likeness (QED) is 0.653. The highest BCUT2D eigenvalue weighted by Crippen LogP contribution is 2.22. The zero-order valence-electron chi connectivity index (χ0n) is 8.36. The standard InChI is InChI=1S/C10H15N3/c1-5-9-10(11-6-2)13(7-12-9)8(3)4/h5-8H,1H2,2-4H3. The van der Waals surface area contributed by atoms with Gasteiger partial charge in [-0.25, -0.2) is 9.98 Å². The normalized spacial score (nSPS) is 11.4. The van der Waals surface area contributed by atoms with E-state index in [2.05, 4.69) is 30.4 Å². The van der Waals surface area contributed by atoms with E-state index in [-0.39, 0.29) is 0 Å². The van der Waals surface area contributed by atoms with Crippen LogP contribution in [0.25, 0.3) is 6.08 Å². The number of hydrogen-bond donors (Lipinski definition) is 0. The molecule has 3 nitrogen and oxygen atoms in total. The van der Waals surface area contributed by atoms with Gasteiger partial charge in [0.25, 0.3) is 0 Å². The molecule has 1 rings (SSSR count). The average Bonchev–Trinajstić information content (AvgIpc) is 2.48. The van der Waals surface area contributed by atoms with Crippen molar-refractivity contribution in [3.05, 3.63) is 18.6 Å². The van der Waals surface area contributed by atoms with Crippen LogP contribution in [0.1, 0.15) is 32.5 Å². The van der Waals surface area contributed by atoms with Gasteiger partial charge in [-0.05, 0) is 26.8 Å². The maximum Gasteiger partial charge on any atom is 0.159 e. The molecule has 3 heteroatoms. The van der Waals surface area contributed by atoms with Gasteiger partial charge < -0.3 is 4.57 Å². The van der Waals surface area contributed by atoms with Crippen LogP contribution in [0.3, 0.4) is 0 Å². The Balaban J connectivity index is 3.21. The van der Waals surface area contributed by atoms with E-state index in [0.717, 1.165) is 11.5 Å². The smallest absolute Gasteiger partial charge is 0.159 e. The van der Waals surface area contributed by atoms with Gasteiger partial charge in [0.15, 0.2) is 5.82 Å². The van der Waals surface area contributed by atoms with Gasteiger partial charge in [-0.15, -0.1) is 0 Å². The summed E-state index contributed by atoms with van der Waals surface area (Å²) in [5.41, 5.74) is 0.840. The van der Waals surface area contributed by atoms with Crippen LogP contribution in [0, 0.1) is 0 Å². The van der Waals surface area contributed by atoms with Crippen LogP contribution in [0.15, 0.2) is 17.9 Å². The topological polar surface area (TPSA) is 30.2 Å². The van der Waals surface area contributed by atoms with E-state index < -0.39 is 0 Å². The van der Waals surface area contributed by atoms with E-state index in [1.807, 2.05) is 11.5 Å². The van der Waals surface area contributed by atoms with Gasteiger partial charge in [0, 0.05) is 12.3 Å². The third-order valence-corrected chi connectivity index (χ3v) is 1.80. The maximum absolute atomic E-state index is 4.26. The minimum absolute atomic E-state index is 0.375. The van der Waals surface area contributed by atoms with E-state index in [9.17, 15) is 0 Å². The molecule has 0 N–H and O–H groups in total. The third-order valence-electron chi connectivity index (χ3n) is 1.80. The molecule has 0 saturated carbocycles. The molecule has 0 fully saturated rings. The van der Waals surface area contributed by atoms with Crippen LogP contribution in [0.2, 0.25) is 0 Å². The molecule has 0 aliphatic carbocycles. The van der Waals surface area contributed by atoms with Crippen molar-refractivity contribution in [3.8, 4) is 0 Å². The predicted molar refractivity (Wildman–Crippen MR) is 56.5 cm³/mol. The van der Waals surface area contributed by atoms with E-state index in [4.69, 9.17) is 0 Å². The zero-order chi connectivity index (χ0) is 9.84. The Hall–Kier alpha value is -1.38. The Morgan fingerprint density at radius 2 is 2.31 bits per heavy atom. The van der Waals surface area contributed by atoms with Crippen molar-refractivity contribution in [3.63, 3.8) is 0 Å². The molecule has 0 amide bonds. The maximum atomic E-state index is 4.26. The molecule has 1 aromatic heterocycles. The van der Waals surface area contributed by atoms with E-state index in [1.165, 1.54) is 0 Å². The van der Waals surface area contributed by atoms with E-state index >= 15 is 0 Å². The van der Waals surface area contributed by atoms with Crippen molar-refractivity contribution in [2.75, 3.05) is 0 Å². The van der Waals surface area contributed by atoms with Crippen LogP contribution in [0.4, 0.5) is 5.82 Å². The first kappa shape index (κ1) is 9.71. The molecule has 0 aliphatic heterocycles. The highest BCUT2D eigenvalue weighted by molar-refractivity contribution is 5.64. The molecule has 0 unspecified atom stereocenters. The van der Waals surface area contributed by atoms with Gasteiger partial charge in [0.1, 0.15) is 5.69 Å². The largest absolute Gasteiger partial charge is 0.313 e. The van der Waals surface area contributed by atoms with Crippen molar-refractivity contribution >= 4 is 18.1 Å². The lowest BCUT2D eigenvalue weighted by Crippen LogP contribution is -1.97. The molecule has 0 bridgehead atoms. The third kappa shape index (κ3) is 1.86. The summed E-state index contributed by atoms with van der Waals surface area (Å²) < 4.78 is 2.02. The van der Waals surface area contributed by atoms with Crippen LogP contribution in [-0.4, -0.2) is 15.8 Å². The lowest BCUT2D eigenvalue weighted by molar-refractivity contribution is 0.603. The molecular weight excluding hydrogens is 162 g/mol.